The predicted molar refractivity (Wildman–Crippen MR) is 54.9 cm³/mol. The molecule has 0 spiro atoms. The molecule has 5 heteroatoms. The van der Waals surface area contributed by atoms with Crippen molar-refractivity contribution in [2.75, 3.05) is 11.9 Å². The zero-order valence-electron chi connectivity index (χ0n) is 8.53. The Morgan fingerprint density at radius 2 is 2.33 bits per heavy atom. The lowest BCUT2D eigenvalue weighted by Gasteiger charge is -2.05. The molecule has 1 fully saturated rings. The Morgan fingerprint density at radius 3 is 2.93 bits per heavy atom. The van der Waals surface area contributed by atoms with Gasteiger partial charge < -0.3 is 10.4 Å². The Balaban J connectivity index is 2.12. The number of nitrogens with zero attached hydrogens (tertiary/aromatic N) is 2. The summed E-state index contributed by atoms with van der Waals surface area (Å²) >= 11 is 0. The lowest BCUT2D eigenvalue weighted by atomic mass is 10.2. The van der Waals surface area contributed by atoms with Crippen molar-refractivity contribution >= 4 is 11.8 Å². The molecular weight excluding hydrogens is 194 g/mol. The van der Waals surface area contributed by atoms with Crippen molar-refractivity contribution < 1.29 is 9.90 Å². The van der Waals surface area contributed by atoms with Crippen LogP contribution in [0.2, 0.25) is 0 Å². The minimum atomic E-state index is -0.890. The van der Waals surface area contributed by atoms with Crippen molar-refractivity contribution in [3.05, 3.63) is 17.6 Å². The van der Waals surface area contributed by atoms with E-state index in [9.17, 15) is 4.79 Å². The first-order valence-corrected chi connectivity index (χ1v) is 4.96. The number of aryl methyl sites for hydroxylation is 1. The molecule has 15 heavy (non-hydrogen) atoms. The van der Waals surface area contributed by atoms with Crippen LogP contribution >= 0.6 is 0 Å². The number of aliphatic carboxylic acids is 1. The normalized spacial score (nSPS) is 15.0. The van der Waals surface area contributed by atoms with Gasteiger partial charge in [-0.05, 0) is 19.8 Å². The number of nitrogens with one attached hydrogen (secondary N) is 1. The summed E-state index contributed by atoms with van der Waals surface area (Å²) in [5.41, 5.74) is 1.02. The molecule has 0 radical (unpaired) electrons. The van der Waals surface area contributed by atoms with E-state index in [4.69, 9.17) is 5.11 Å². The highest BCUT2D eigenvalue weighted by atomic mass is 16.4. The molecule has 5 nitrogen and oxygen atoms in total. The summed E-state index contributed by atoms with van der Waals surface area (Å²) in [7, 11) is 0. The van der Waals surface area contributed by atoms with Crippen LogP contribution < -0.4 is 5.32 Å². The van der Waals surface area contributed by atoms with Gasteiger partial charge in [-0.15, -0.1) is 0 Å². The van der Waals surface area contributed by atoms with Gasteiger partial charge in [0.05, 0.1) is 0 Å². The molecule has 0 amide bonds. The van der Waals surface area contributed by atoms with E-state index in [1.165, 1.54) is 12.8 Å². The smallest absolute Gasteiger partial charge is 0.322 e. The number of carboxylic acid groups (broad SMARTS) is 1. The highest BCUT2D eigenvalue weighted by Gasteiger charge is 2.25. The summed E-state index contributed by atoms with van der Waals surface area (Å²) in [4.78, 5) is 18.8. The van der Waals surface area contributed by atoms with Gasteiger partial charge in [0, 0.05) is 17.7 Å². The number of carboxylic acids is 1. The monoisotopic (exact) mass is 207 g/mol. The van der Waals surface area contributed by atoms with Crippen molar-refractivity contribution in [3.8, 4) is 0 Å². The van der Waals surface area contributed by atoms with Crippen LogP contribution in [-0.2, 0) is 4.79 Å². The second-order valence-corrected chi connectivity index (χ2v) is 3.75. The third kappa shape index (κ3) is 2.65. The number of carbonyl (C=O) groups is 1. The first kappa shape index (κ1) is 9.89. The summed E-state index contributed by atoms with van der Waals surface area (Å²) < 4.78 is 0. The van der Waals surface area contributed by atoms with Gasteiger partial charge in [0.15, 0.2) is 0 Å². The molecule has 1 heterocycles. The minimum absolute atomic E-state index is 0.111. The van der Waals surface area contributed by atoms with Crippen molar-refractivity contribution in [1.82, 2.24) is 9.97 Å². The highest BCUT2D eigenvalue weighted by molar-refractivity contribution is 5.72. The Hall–Kier alpha value is -1.65. The van der Waals surface area contributed by atoms with Crippen LogP contribution in [0.3, 0.4) is 0 Å². The molecule has 2 rings (SSSR count). The van der Waals surface area contributed by atoms with Crippen molar-refractivity contribution in [1.29, 1.82) is 0 Å². The first-order chi connectivity index (χ1) is 7.15. The summed E-state index contributed by atoms with van der Waals surface area (Å²) in [6, 6.07) is 1.84. The molecule has 1 saturated carbocycles. The highest BCUT2D eigenvalue weighted by Crippen LogP contribution is 2.39. The van der Waals surface area contributed by atoms with Gasteiger partial charge >= 0.3 is 5.97 Å². The van der Waals surface area contributed by atoms with Crippen molar-refractivity contribution in [2.45, 2.75) is 25.7 Å². The fourth-order valence-corrected chi connectivity index (χ4v) is 1.44. The Labute approximate surface area is 87.6 Å². The third-order valence-corrected chi connectivity index (χ3v) is 2.27. The zero-order valence-corrected chi connectivity index (χ0v) is 8.53. The lowest BCUT2D eigenvalue weighted by molar-refractivity contribution is -0.134. The SMILES string of the molecule is Cc1nc(NCC(=O)O)cc(C2CC2)n1. The second kappa shape index (κ2) is 3.84. The molecule has 80 valence electrons. The average molecular weight is 207 g/mol. The topological polar surface area (TPSA) is 75.1 Å². The second-order valence-electron chi connectivity index (χ2n) is 3.75. The average Bonchev–Trinajstić information content (AvgIpc) is 2.97. The van der Waals surface area contributed by atoms with Gasteiger partial charge in [-0.25, -0.2) is 9.97 Å². The first-order valence-electron chi connectivity index (χ1n) is 4.96. The van der Waals surface area contributed by atoms with Crippen molar-refractivity contribution in [2.24, 2.45) is 0 Å². The predicted octanol–water partition coefficient (Wildman–Crippen LogP) is 1.16. The van der Waals surface area contributed by atoms with Gasteiger partial charge in [-0.3, -0.25) is 4.79 Å². The minimum Gasteiger partial charge on any atom is -0.480 e. The van der Waals surface area contributed by atoms with E-state index >= 15 is 0 Å². The third-order valence-electron chi connectivity index (χ3n) is 2.27. The van der Waals surface area contributed by atoms with E-state index in [0.717, 1.165) is 5.69 Å². The van der Waals surface area contributed by atoms with Crippen molar-refractivity contribution in [3.63, 3.8) is 0 Å². The quantitative estimate of drug-likeness (QED) is 0.774. The molecule has 1 aliphatic carbocycles. The van der Waals surface area contributed by atoms with Crippen LogP contribution in [0.15, 0.2) is 6.07 Å². The number of aromatic nitrogens is 2. The van der Waals surface area contributed by atoms with Crippen LogP contribution in [0.5, 0.6) is 0 Å². The molecule has 0 unspecified atom stereocenters. The molecule has 0 aliphatic heterocycles. The van der Waals surface area contributed by atoms with Crippen LogP contribution in [0.4, 0.5) is 5.82 Å². The molecule has 0 bridgehead atoms. The summed E-state index contributed by atoms with van der Waals surface area (Å²) in [6.45, 7) is 1.71. The van der Waals surface area contributed by atoms with E-state index in [1.54, 1.807) is 0 Å². The molecular formula is C10H13N3O2. The fourth-order valence-electron chi connectivity index (χ4n) is 1.44. The summed E-state index contributed by atoms with van der Waals surface area (Å²) in [5, 5.41) is 11.3. The van der Waals surface area contributed by atoms with E-state index in [-0.39, 0.29) is 6.54 Å². The number of hydrogen-bond acceptors (Lipinski definition) is 4. The lowest BCUT2D eigenvalue weighted by Crippen LogP contribution is -2.14. The largest absolute Gasteiger partial charge is 0.480 e. The Kier molecular flexibility index (Phi) is 2.53. The van der Waals surface area contributed by atoms with Gasteiger partial charge in [-0.2, -0.15) is 0 Å². The molecule has 1 aromatic heterocycles. The summed E-state index contributed by atoms with van der Waals surface area (Å²) in [5.74, 6) is 0.954. The number of hydrogen-bond donors (Lipinski definition) is 2. The molecule has 2 N–H and O–H groups in total. The standard InChI is InChI=1S/C10H13N3O2/c1-6-12-8(7-2-3-7)4-9(13-6)11-5-10(14)15/h4,7H,2-3,5H2,1H3,(H,14,15)(H,11,12,13). The fraction of sp³-hybridized carbons (Fsp3) is 0.500. The van der Waals surface area contributed by atoms with E-state index in [0.29, 0.717) is 17.6 Å². The molecule has 1 aliphatic rings. The Bertz CT molecular complexity index is 388. The maximum atomic E-state index is 10.4. The number of rotatable bonds is 4. The van der Waals surface area contributed by atoms with Crippen LogP contribution in [0.25, 0.3) is 0 Å². The number of anilines is 1. The maximum Gasteiger partial charge on any atom is 0.322 e. The Morgan fingerprint density at radius 1 is 1.60 bits per heavy atom. The summed E-state index contributed by atoms with van der Waals surface area (Å²) in [6.07, 6.45) is 2.35. The van der Waals surface area contributed by atoms with E-state index in [2.05, 4.69) is 15.3 Å². The van der Waals surface area contributed by atoms with Gasteiger partial charge in [0.25, 0.3) is 0 Å². The zero-order chi connectivity index (χ0) is 10.8. The van der Waals surface area contributed by atoms with Gasteiger partial charge in [0.2, 0.25) is 0 Å². The van der Waals surface area contributed by atoms with E-state index in [1.807, 2.05) is 13.0 Å². The maximum absolute atomic E-state index is 10.4. The van der Waals surface area contributed by atoms with Gasteiger partial charge in [-0.1, -0.05) is 0 Å². The molecule has 0 saturated heterocycles. The van der Waals surface area contributed by atoms with Crippen LogP contribution in [-0.4, -0.2) is 27.6 Å². The molecule has 0 aromatic carbocycles. The van der Waals surface area contributed by atoms with Gasteiger partial charge in [0.1, 0.15) is 18.2 Å². The molecule has 1 aromatic rings. The van der Waals surface area contributed by atoms with E-state index < -0.39 is 5.97 Å². The van der Waals surface area contributed by atoms with Crippen LogP contribution in [0.1, 0.15) is 30.3 Å². The molecule has 0 atom stereocenters. The van der Waals surface area contributed by atoms with Crippen LogP contribution in [0, 0.1) is 6.92 Å².